The molecular weight excluding hydrogens is 254 g/mol. The molecule has 78 valence electrons. The van der Waals surface area contributed by atoms with Crippen LogP contribution in [-0.4, -0.2) is 15.0 Å². The molecule has 0 saturated carbocycles. The van der Waals surface area contributed by atoms with Crippen LogP contribution in [-0.2, 0) is 4.79 Å². The second kappa shape index (κ2) is 5.65. The molecule has 0 N–H and O–H groups in total. The van der Waals surface area contributed by atoms with E-state index in [2.05, 4.69) is 0 Å². The van der Waals surface area contributed by atoms with E-state index in [0.717, 1.165) is 19.1 Å². The lowest BCUT2D eigenvalue weighted by molar-refractivity contribution is -0.107. The first-order chi connectivity index (χ1) is 5.81. The average Bonchev–Trinajstić information content (AvgIpc) is 1.96. The first-order valence-electron chi connectivity index (χ1n) is 4.00. The zero-order valence-electron chi connectivity index (χ0n) is 7.33. The van der Waals surface area contributed by atoms with Crippen LogP contribution in [0, 0.1) is 0 Å². The van der Waals surface area contributed by atoms with Crippen LogP contribution >= 0.6 is 46.4 Å². The van der Waals surface area contributed by atoms with Crippen LogP contribution in [0.3, 0.4) is 0 Å². The normalized spacial score (nSPS) is 13.0. The second-order valence-corrected chi connectivity index (χ2v) is 6.19. The summed E-state index contributed by atoms with van der Waals surface area (Å²) >= 11 is 23.3. The van der Waals surface area contributed by atoms with Gasteiger partial charge in [-0.2, -0.15) is 0 Å². The van der Waals surface area contributed by atoms with Gasteiger partial charge in [0.2, 0.25) is 0 Å². The highest BCUT2D eigenvalue weighted by Crippen LogP contribution is 2.45. The van der Waals surface area contributed by atoms with Gasteiger partial charge in [0, 0.05) is 6.42 Å². The van der Waals surface area contributed by atoms with E-state index in [4.69, 9.17) is 46.4 Å². The monoisotopic (exact) mass is 264 g/mol. The standard InChI is InChI=1S/C8H12Cl4O/c1-7(9,10)8(11,12)5-3-2-4-6-13/h6H,2-5H2,1H3. The Balaban J connectivity index is 3.83. The maximum atomic E-state index is 10.0. The smallest absolute Gasteiger partial charge is 0.150 e. The largest absolute Gasteiger partial charge is 0.303 e. The molecule has 0 amide bonds. The third kappa shape index (κ3) is 5.31. The molecule has 0 unspecified atom stereocenters. The van der Waals surface area contributed by atoms with E-state index in [-0.39, 0.29) is 0 Å². The van der Waals surface area contributed by atoms with E-state index in [9.17, 15) is 4.79 Å². The van der Waals surface area contributed by atoms with Gasteiger partial charge in [-0.15, -0.1) is 0 Å². The number of carbonyl (C=O) groups is 1. The van der Waals surface area contributed by atoms with Crippen molar-refractivity contribution in [1.29, 1.82) is 0 Å². The molecule has 0 saturated heterocycles. The molecule has 0 fully saturated rings. The minimum Gasteiger partial charge on any atom is -0.303 e. The summed E-state index contributed by atoms with van der Waals surface area (Å²) in [7, 11) is 0. The van der Waals surface area contributed by atoms with Crippen LogP contribution < -0.4 is 0 Å². The molecule has 0 aromatic rings. The lowest BCUT2D eigenvalue weighted by Crippen LogP contribution is -2.33. The van der Waals surface area contributed by atoms with E-state index in [1.165, 1.54) is 0 Å². The predicted octanol–water partition coefficient (Wildman–Crippen LogP) is 4.11. The average molecular weight is 266 g/mol. The number of halogens is 4. The molecule has 0 atom stereocenters. The number of rotatable bonds is 6. The molecular formula is C8H12Cl4O. The maximum Gasteiger partial charge on any atom is 0.150 e. The van der Waals surface area contributed by atoms with Crippen molar-refractivity contribution >= 4 is 52.7 Å². The Hall–Kier alpha value is 0.830. The lowest BCUT2D eigenvalue weighted by atomic mass is 10.1. The SMILES string of the molecule is CC(Cl)(Cl)C(Cl)(Cl)CCCCC=O. The van der Waals surface area contributed by atoms with E-state index in [0.29, 0.717) is 12.8 Å². The molecule has 0 radical (unpaired) electrons. The Morgan fingerprint density at radius 1 is 1.15 bits per heavy atom. The second-order valence-electron chi connectivity index (χ2n) is 3.01. The van der Waals surface area contributed by atoms with Crippen molar-refractivity contribution in [3.05, 3.63) is 0 Å². The van der Waals surface area contributed by atoms with Crippen LogP contribution in [0.5, 0.6) is 0 Å². The van der Waals surface area contributed by atoms with Crippen molar-refractivity contribution in [2.24, 2.45) is 0 Å². The van der Waals surface area contributed by atoms with Gasteiger partial charge in [0.05, 0.1) is 0 Å². The van der Waals surface area contributed by atoms with Gasteiger partial charge in [-0.1, -0.05) is 46.4 Å². The molecule has 0 aliphatic carbocycles. The Morgan fingerprint density at radius 2 is 1.69 bits per heavy atom. The first-order valence-corrected chi connectivity index (χ1v) is 5.52. The van der Waals surface area contributed by atoms with E-state index in [1.54, 1.807) is 6.92 Å². The van der Waals surface area contributed by atoms with Gasteiger partial charge >= 0.3 is 0 Å². The highest BCUT2D eigenvalue weighted by Gasteiger charge is 2.42. The first kappa shape index (κ1) is 13.8. The third-order valence-electron chi connectivity index (χ3n) is 1.70. The molecule has 0 aliphatic heterocycles. The molecule has 1 nitrogen and oxygen atoms in total. The Kier molecular flexibility index (Phi) is 6.01. The van der Waals surface area contributed by atoms with Gasteiger partial charge in [0.15, 0.2) is 4.33 Å². The van der Waals surface area contributed by atoms with E-state index >= 15 is 0 Å². The van der Waals surface area contributed by atoms with Crippen molar-refractivity contribution in [2.45, 2.75) is 41.3 Å². The summed E-state index contributed by atoms with van der Waals surface area (Å²) in [5, 5.41) is 0. The molecule has 0 aromatic heterocycles. The summed E-state index contributed by atoms with van der Waals surface area (Å²) in [6.07, 6.45) is 3.36. The number of alkyl halides is 4. The minimum atomic E-state index is -1.17. The number of hydrogen-bond donors (Lipinski definition) is 0. The number of carbonyl (C=O) groups excluding carboxylic acids is 1. The summed E-state index contributed by atoms with van der Waals surface area (Å²) in [4.78, 5) is 10.0. The van der Waals surface area contributed by atoms with Gasteiger partial charge in [0.25, 0.3) is 0 Å². The molecule has 0 spiro atoms. The fraction of sp³-hybridized carbons (Fsp3) is 0.875. The predicted molar refractivity (Wildman–Crippen MR) is 59.1 cm³/mol. The molecule has 13 heavy (non-hydrogen) atoms. The minimum absolute atomic E-state index is 0.480. The van der Waals surface area contributed by atoms with Crippen LogP contribution in [0.1, 0.15) is 32.6 Å². The molecule has 0 aromatic carbocycles. The van der Waals surface area contributed by atoms with Crippen molar-refractivity contribution in [3.8, 4) is 0 Å². The van der Waals surface area contributed by atoms with Crippen molar-refractivity contribution in [2.75, 3.05) is 0 Å². The van der Waals surface area contributed by atoms with Crippen molar-refractivity contribution in [3.63, 3.8) is 0 Å². The van der Waals surface area contributed by atoms with Gasteiger partial charge in [-0.05, 0) is 26.2 Å². The molecule has 0 aliphatic rings. The van der Waals surface area contributed by atoms with Crippen LogP contribution in [0.15, 0.2) is 0 Å². The fourth-order valence-electron chi connectivity index (χ4n) is 0.794. The molecule has 5 heteroatoms. The molecule has 0 rings (SSSR count). The van der Waals surface area contributed by atoms with Crippen LogP contribution in [0.2, 0.25) is 0 Å². The van der Waals surface area contributed by atoms with Crippen LogP contribution in [0.4, 0.5) is 0 Å². The number of hydrogen-bond acceptors (Lipinski definition) is 1. The van der Waals surface area contributed by atoms with Gasteiger partial charge in [-0.25, -0.2) is 0 Å². The zero-order chi connectivity index (χ0) is 10.5. The maximum absolute atomic E-state index is 10.0. The van der Waals surface area contributed by atoms with E-state index < -0.39 is 8.67 Å². The highest BCUT2D eigenvalue weighted by molar-refractivity contribution is 6.62. The zero-order valence-corrected chi connectivity index (χ0v) is 10.3. The summed E-state index contributed by atoms with van der Waals surface area (Å²) in [5.74, 6) is 0. The van der Waals surface area contributed by atoms with Crippen LogP contribution in [0.25, 0.3) is 0 Å². The Labute approximate surface area is 98.7 Å². The highest BCUT2D eigenvalue weighted by atomic mass is 35.5. The summed E-state index contributed by atoms with van der Waals surface area (Å²) in [6.45, 7) is 1.55. The molecule has 0 bridgehead atoms. The Bertz CT molecular complexity index is 162. The molecule has 0 heterocycles. The quantitative estimate of drug-likeness (QED) is 0.401. The summed E-state index contributed by atoms with van der Waals surface area (Å²) in [6, 6.07) is 0. The van der Waals surface area contributed by atoms with E-state index in [1.807, 2.05) is 0 Å². The van der Waals surface area contributed by atoms with Crippen molar-refractivity contribution in [1.82, 2.24) is 0 Å². The summed E-state index contributed by atoms with van der Waals surface area (Å²) < 4.78 is -2.32. The van der Waals surface area contributed by atoms with Gasteiger partial charge in [0.1, 0.15) is 10.6 Å². The number of aldehydes is 1. The lowest BCUT2D eigenvalue weighted by Gasteiger charge is -2.29. The summed E-state index contributed by atoms with van der Waals surface area (Å²) in [5.41, 5.74) is 0. The number of unbranched alkanes of at least 4 members (excludes halogenated alkanes) is 2. The van der Waals surface area contributed by atoms with Gasteiger partial charge in [-0.3, -0.25) is 0 Å². The fourth-order valence-corrected chi connectivity index (χ4v) is 1.25. The Morgan fingerprint density at radius 3 is 2.08 bits per heavy atom. The topological polar surface area (TPSA) is 17.1 Å². The van der Waals surface area contributed by atoms with Gasteiger partial charge < -0.3 is 4.79 Å². The van der Waals surface area contributed by atoms with Crippen molar-refractivity contribution < 1.29 is 4.79 Å². The third-order valence-corrected chi connectivity index (χ3v) is 3.87.